The highest BCUT2D eigenvalue weighted by Gasteiger charge is 2.27. The van der Waals surface area contributed by atoms with E-state index in [2.05, 4.69) is 5.32 Å². The lowest BCUT2D eigenvalue weighted by atomic mass is 10.2. The Morgan fingerprint density at radius 2 is 1.70 bits per heavy atom. The van der Waals surface area contributed by atoms with Gasteiger partial charge in [0.25, 0.3) is 5.91 Å². The van der Waals surface area contributed by atoms with Crippen molar-refractivity contribution in [3.05, 3.63) is 45.1 Å². The highest BCUT2D eigenvalue weighted by molar-refractivity contribution is 7.89. The smallest absolute Gasteiger partial charge is 0.256 e. The van der Waals surface area contributed by atoms with Gasteiger partial charge in [0.15, 0.2) is 0 Å². The number of nitrogens with zero attached hydrogens (tertiary/aromatic N) is 1. The number of anilines is 1. The molecule has 1 amide bonds. The Labute approximate surface area is 165 Å². The van der Waals surface area contributed by atoms with E-state index in [1.165, 1.54) is 0 Å². The van der Waals surface area contributed by atoms with Crippen molar-refractivity contribution in [1.82, 2.24) is 4.31 Å². The molecule has 0 unspecified atom stereocenters. The summed E-state index contributed by atoms with van der Waals surface area (Å²) in [7, 11) is -3.56. The van der Waals surface area contributed by atoms with Gasteiger partial charge in [-0.25, -0.2) is 8.42 Å². The Morgan fingerprint density at radius 3 is 2.30 bits per heavy atom. The Morgan fingerprint density at radius 1 is 1.04 bits per heavy atom. The van der Waals surface area contributed by atoms with Crippen LogP contribution in [0.25, 0.3) is 0 Å². The summed E-state index contributed by atoms with van der Waals surface area (Å²) in [4.78, 5) is 14.9. The van der Waals surface area contributed by atoms with Crippen LogP contribution in [0.1, 0.15) is 51.4 Å². The molecule has 0 saturated carbocycles. The van der Waals surface area contributed by atoms with E-state index in [1.807, 2.05) is 19.9 Å². The molecular formula is C20H26N2O3S2. The zero-order valence-corrected chi connectivity index (χ0v) is 17.7. The van der Waals surface area contributed by atoms with Crippen LogP contribution in [0.4, 0.5) is 5.69 Å². The van der Waals surface area contributed by atoms with Crippen molar-refractivity contribution in [2.75, 3.05) is 18.4 Å². The molecule has 1 aromatic carbocycles. The van der Waals surface area contributed by atoms with Crippen LogP contribution in [-0.4, -0.2) is 31.7 Å². The van der Waals surface area contributed by atoms with E-state index in [0.29, 0.717) is 29.9 Å². The molecule has 1 aromatic heterocycles. The van der Waals surface area contributed by atoms with Crippen molar-refractivity contribution in [3.63, 3.8) is 0 Å². The summed E-state index contributed by atoms with van der Waals surface area (Å²) in [5.74, 6) is -0.209. The summed E-state index contributed by atoms with van der Waals surface area (Å²) in [5.41, 5.74) is 1.83. The van der Waals surface area contributed by atoms with Gasteiger partial charge in [0.1, 0.15) is 0 Å². The second kappa shape index (κ2) is 8.12. The van der Waals surface area contributed by atoms with Gasteiger partial charge in [-0.15, -0.1) is 11.3 Å². The maximum absolute atomic E-state index is 13.1. The molecule has 5 nitrogen and oxygen atoms in total. The zero-order valence-electron chi connectivity index (χ0n) is 16.0. The molecule has 1 aliphatic rings. The predicted octanol–water partition coefficient (Wildman–Crippen LogP) is 4.49. The number of hydrogen-bond acceptors (Lipinski definition) is 4. The average molecular weight is 407 g/mol. The average Bonchev–Trinajstić information content (AvgIpc) is 2.81. The maximum Gasteiger partial charge on any atom is 0.256 e. The minimum atomic E-state index is -3.56. The number of aryl methyl sites for hydroxylation is 3. The van der Waals surface area contributed by atoms with Crippen molar-refractivity contribution in [2.45, 2.75) is 51.3 Å². The van der Waals surface area contributed by atoms with Gasteiger partial charge in [-0.05, 0) is 57.4 Å². The van der Waals surface area contributed by atoms with Gasteiger partial charge in [0.05, 0.1) is 10.5 Å². The highest BCUT2D eigenvalue weighted by Crippen LogP contribution is 2.27. The first kappa shape index (κ1) is 20.0. The number of thiophene rings is 1. The van der Waals surface area contributed by atoms with Crippen LogP contribution in [-0.2, 0) is 10.0 Å². The zero-order chi connectivity index (χ0) is 19.6. The predicted molar refractivity (Wildman–Crippen MR) is 110 cm³/mol. The molecule has 0 atom stereocenters. The molecule has 0 spiro atoms. The van der Waals surface area contributed by atoms with Crippen molar-refractivity contribution in [2.24, 2.45) is 0 Å². The fourth-order valence-electron chi connectivity index (χ4n) is 3.43. The number of rotatable bonds is 4. The largest absolute Gasteiger partial charge is 0.322 e. The van der Waals surface area contributed by atoms with Crippen molar-refractivity contribution in [1.29, 1.82) is 0 Å². The Hall–Kier alpha value is -1.70. The van der Waals surface area contributed by atoms with Gasteiger partial charge in [-0.2, -0.15) is 4.31 Å². The van der Waals surface area contributed by atoms with E-state index in [0.717, 1.165) is 35.4 Å². The van der Waals surface area contributed by atoms with Crippen LogP contribution in [0.2, 0.25) is 0 Å². The van der Waals surface area contributed by atoms with Gasteiger partial charge in [-0.1, -0.05) is 18.9 Å². The van der Waals surface area contributed by atoms with E-state index >= 15 is 0 Å². The van der Waals surface area contributed by atoms with Crippen molar-refractivity contribution < 1.29 is 13.2 Å². The van der Waals surface area contributed by atoms with Gasteiger partial charge in [0, 0.05) is 28.5 Å². The summed E-state index contributed by atoms with van der Waals surface area (Å²) in [5, 5.41) is 2.85. The number of benzene rings is 1. The summed E-state index contributed by atoms with van der Waals surface area (Å²) < 4.78 is 27.9. The summed E-state index contributed by atoms with van der Waals surface area (Å²) in [6.07, 6.45) is 3.93. The van der Waals surface area contributed by atoms with Crippen LogP contribution >= 0.6 is 11.3 Å². The first-order chi connectivity index (χ1) is 12.8. The molecule has 2 aromatic rings. The molecule has 0 aliphatic carbocycles. The molecule has 3 rings (SSSR count). The fraction of sp³-hybridized carbons (Fsp3) is 0.450. The monoisotopic (exact) mass is 406 g/mol. The van der Waals surface area contributed by atoms with Gasteiger partial charge >= 0.3 is 0 Å². The minimum Gasteiger partial charge on any atom is -0.322 e. The van der Waals surface area contributed by atoms with E-state index in [-0.39, 0.29) is 10.8 Å². The minimum absolute atomic E-state index is 0.209. The molecule has 27 heavy (non-hydrogen) atoms. The standard InChI is InChI=1S/C20H26N2O3S2/c1-14-8-9-17(21-20(23)18-12-15(2)26-16(18)3)13-19(14)27(24,25)22-10-6-4-5-7-11-22/h8-9,12-13H,4-7,10-11H2,1-3H3,(H,21,23). The van der Waals surface area contributed by atoms with Crippen LogP contribution in [0.5, 0.6) is 0 Å². The number of nitrogens with one attached hydrogen (secondary N) is 1. The molecule has 0 bridgehead atoms. The third kappa shape index (κ3) is 4.42. The topological polar surface area (TPSA) is 66.5 Å². The van der Waals surface area contributed by atoms with E-state index in [4.69, 9.17) is 0 Å². The van der Waals surface area contributed by atoms with Gasteiger partial charge in [-0.3, -0.25) is 4.79 Å². The van der Waals surface area contributed by atoms with Crippen LogP contribution in [0.15, 0.2) is 29.2 Å². The molecule has 146 valence electrons. The van der Waals surface area contributed by atoms with Crippen LogP contribution in [0.3, 0.4) is 0 Å². The second-order valence-corrected chi connectivity index (χ2v) is 10.4. The molecule has 1 N–H and O–H groups in total. The summed E-state index contributed by atoms with van der Waals surface area (Å²) in [6, 6.07) is 6.95. The first-order valence-electron chi connectivity index (χ1n) is 9.28. The molecule has 0 radical (unpaired) electrons. The van der Waals surface area contributed by atoms with Crippen molar-refractivity contribution >= 4 is 33.0 Å². The van der Waals surface area contributed by atoms with E-state index < -0.39 is 10.0 Å². The molecular weight excluding hydrogens is 380 g/mol. The van der Waals surface area contributed by atoms with E-state index in [1.54, 1.807) is 40.8 Å². The number of hydrogen-bond donors (Lipinski definition) is 1. The summed E-state index contributed by atoms with van der Waals surface area (Å²) in [6.45, 7) is 6.79. The Balaban J connectivity index is 1.87. The Bertz CT molecular complexity index is 940. The fourth-order valence-corrected chi connectivity index (χ4v) is 6.12. The van der Waals surface area contributed by atoms with Gasteiger partial charge < -0.3 is 5.32 Å². The maximum atomic E-state index is 13.1. The molecule has 7 heteroatoms. The molecule has 1 saturated heterocycles. The summed E-state index contributed by atoms with van der Waals surface area (Å²) >= 11 is 1.58. The van der Waals surface area contributed by atoms with Crippen LogP contribution in [0, 0.1) is 20.8 Å². The first-order valence-corrected chi connectivity index (χ1v) is 11.5. The number of amides is 1. The quantitative estimate of drug-likeness (QED) is 0.813. The van der Waals surface area contributed by atoms with E-state index in [9.17, 15) is 13.2 Å². The molecule has 2 heterocycles. The van der Waals surface area contributed by atoms with Crippen LogP contribution < -0.4 is 5.32 Å². The van der Waals surface area contributed by atoms with Crippen molar-refractivity contribution in [3.8, 4) is 0 Å². The number of carbonyl (C=O) groups excluding carboxylic acids is 1. The molecule has 1 fully saturated rings. The second-order valence-electron chi connectivity index (χ2n) is 7.08. The third-order valence-electron chi connectivity index (χ3n) is 4.91. The lowest BCUT2D eigenvalue weighted by Gasteiger charge is -2.21. The highest BCUT2D eigenvalue weighted by atomic mass is 32.2. The number of carbonyl (C=O) groups is 1. The lowest BCUT2D eigenvalue weighted by Crippen LogP contribution is -2.32. The SMILES string of the molecule is Cc1cc(C(=O)Nc2ccc(C)c(S(=O)(=O)N3CCCCCC3)c2)c(C)s1. The number of sulfonamides is 1. The Kier molecular flexibility index (Phi) is 6.03. The normalized spacial score (nSPS) is 16.1. The third-order valence-corrected chi connectivity index (χ3v) is 7.92. The lowest BCUT2D eigenvalue weighted by molar-refractivity contribution is 0.102. The van der Waals surface area contributed by atoms with Gasteiger partial charge in [0.2, 0.25) is 10.0 Å². The molecule has 1 aliphatic heterocycles.